The van der Waals surface area contributed by atoms with Crippen molar-refractivity contribution < 1.29 is 22.7 Å². The number of alkyl halides is 3. The number of halogens is 5. The number of carbonyl (C=O) groups excluding carboxylic acids is 1. The number of nitrogens with one attached hydrogen (secondary N) is 1. The van der Waals surface area contributed by atoms with Crippen molar-refractivity contribution in [3.63, 3.8) is 0 Å². The number of hydrogen-bond acceptors (Lipinski definition) is 4. The molecule has 36 heavy (non-hydrogen) atoms. The van der Waals surface area contributed by atoms with E-state index in [1.165, 1.54) is 13.8 Å². The highest BCUT2D eigenvalue weighted by Crippen LogP contribution is 2.30. The molecule has 0 spiro atoms. The minimum Gasteiger partial charge on any atom is -0.461 e. The molecule has 3 rings (SSSR count). The van der Waals surface area contributed by atoms with Crippen LogP contribution in [0.4, 0.5) is 13.2 Å². The van der Waals surface area contributed by atoms with Crippen LogP contribution in [0, 0.1) is 5.92 Å². The Kier molecular flexibility index (Phi) is 8.67. The minimum atomic E-state index is -4.67. The number of hydrogen-bond donors (Lipinski definition) is 1. The van der Waals surface area contributed by atoms with Crippen LogP contribution in [-0.2, 0) is 17.4 Å². The van der Waals surface area contributed by atoms with E-state index >= 15 is 0 Å². The number of rotatable bonds is 8. The van der Waals surface area contributed by atoms with Gasteiger partial charge in [0.25, 0.3) is 5.91 Å². The molecule has 1 aliphatic carbocycles. The molecule has 2 aromatic rings. The number of carbonyl (C=O) groups is 1. The lowest BCUT2D eigenvalue weighted by Gasteiger charge is -2.31. The van der Waals surface area contributed by atoms with E-state index in [9.17, 15) is 18.0 Å². The van der Waals surface area contributed by atoms with Crippen molar-refractivity contribution in [1.82, 2.24) is 15.3 Å². The molecule has 1 aromatic heterocycles. The van der Waals surface area contributed by atoms with Crippen LogP contribution in [-0.4, -0.2) is 27.5 Å². The number of aromatic nitrogens is 2. The number of nitrogens with zero attached hydrogens (tertiary/aromatic N) is 2. The molecule has 0 radical (unpaired) electrons. The summed E-state index contributed by atoms with van der Waals surface area (Å²) >= 11 is 12.3. The monoisotopic (exact) mass is 537 g/mol. The molecule has 2 atom stereocenters. The molecule has 1 amide bonds. The standard InChI is InChI=1S/C26H24Cl2F3N3O2/c1-16(34-24(35)25(2,3)36-23-14-22(26(29,30)31)32-15-33-23)21(12-17-8-10-19(27)11-9-17)18-6-4-5-7-20(28)13-18/h4,6-11,13-16,21H,12H2,1-3H3,(H,34,35). The molecule has 0 saturated heterocycles. The van der Waals surface area contributed by atoms with E-state index in [2.05, 4.69) is 21.0 Å². The van der Waals surface area contributed by atoms with E-state index in [1.54, 1.807) is 24.3 Å². The van der Waals surface area contributed by atoms with Gasteiger partial charge in [-0.2, -0.15) is 13.2 Å². The highest BCUT2D eigenvalue weighted by molar-refractivity contribution is 6.31. The Labute approximate surface area is 217 Å². The predicted molar refractivity (Wildman–Crippen MR) is 133 cm³/mol. The average Bonchev–Trinajstić information content (AvgIpc) is 3.02. The van der Waals surface area contributed by atoms with Gasteiger partial charge in [-0.3, -0.25) is 4.79 Å². The van der Waals surface area contributed by atoms with Gasteiger partial charge in [0.1, 0.15) is 6.33 Å². The molecule has 0 saturated carbocycles. The normalized spacial score (nSPS) is 15.4. The minimum absolute atomic E-state index is 0.208. The lowest BCUT2D eigenvalue weighted by molar-refractivity contribution is -0.141. The maximum atomic E-state index is 13.2. The zero-order valence-corrected chi connectivity index (χ0v) is 21.2. The van der Waals surface area contributed by atoms with Gasteiger partial charge in [-0.25, -0.2) is 9.97 Å². The Morgan fingerprint density at radius 3 is 2.53 bits per heavy atom. The SMILES string of the molecule is CC(NC(=O)C(C)(C)Oc1cc(C(F)(F)F)ncn1)C(Cc1ccc(Cl)cc1)C1=CC=C=CC(Cl)=C1. The smallest absolute Gasteiger partial charge is 0.433 e. The second-order valence-electron chi connectivity index (χ2n) is 8.72. The Balaban J connectivity index is 1.81. The van der Waals surface area contributed by atoms with E-state index < -0.39 is 29.4 Å². The van der Waals surface area contributed by atoms with Gasteiger partial charge in [0, 0.05) is 28.1 Å². The van der Waals surface area contributed by atoms with Crippen molar-refractivity contribution in [2.45, 2.75) is 45.0 Å². The van der Waals surface area contributed by atoms with Gasteiger partial charge < -0.3 is 10.1 Å². The highest BCUT2D eigenvalue weighted by Gasteiger charge is 2.36. The Hall–Kier alpha value is -3.06. The maximum Gasteiger partial charge on any atom is 0.433 e. The topological polar surface area (TPSA) is 64.1 Å². The summed E-state index contributed by atoms with van der Waals surface area (Å²) in [7, 11) is 0. The Bertz CT molecular complexity index is 1230. The van der Waals surface area contributed by atoms with Crippen LogP contribution in [0.2, 0.25) is 5.02 Å². The van der Waals surface area contributed by atoms with Crippen LogP contribution < -0.4 is 10.1 Å². The molecule has 1 N–H and O–H groups in total. The molecular formula is C26H24Cl2F3N3O2. The second-order valence-corrected chi connectivity index (χ2v) is 9.60. The van der Waals surface area contributed by atoms with Crippen LogP contribution in [0.15, 0.2) is 77.3 Å². The average molecular weight is 538 g/mol. The summed E-state index contributed by atoms with van der Waals surface area (Å²) in [5.41, 5.74) is 2.13. The summed E-state index contributed by atoms with van der Waals surface area (Å²) < 4.78 is 44.5. The number of amides is 1. The quantitative estimate of drug-likeness (QED) is 0.393. The first-order valence-corrected chi connectivity index (χ1v) is 11.7. The summed E-state index contributed by atoms with van der Waals surface area (Å²) in [6.07, 6.45) is 3.70. The molecule has 5 nitrogen and oxygen atoms in total. The first kappa shape index (κ1) is 27.5. The van der Waals surface area contributed by atoms with Gasteiger partial charge in [0.05, 0.1) is 0 Å². The van der Waals surface area contributed by atoms with Gasteiger partial charge in [-0.15, -0.1) is 5.73 Å². The zero-order valence-electron chi connectivity index (χ0n) is 19.7. The van der Waals surface area contributed by atoms with Crippen molar-refractivity contribution in [1.29, 1.82) is 0 Å². The molecule has 1 aliphatic rings. The lowest BCUT2D eigenvalue weighted by atomic mass is 9.85. The first-order chi connectivity index (χ1) is 16.8. The summed E-state index contributed by atoms with van der Waals surface area (Å²) in [5.74, 6) is -1.10. The summed E-state index contributed by atoms with van der Waals surface area (Å²) in [5, 5.41) is 4.03. The molecule has 1 heterocycles. The fourth-order valence-corrected chi connectivity index (χ4v) is 3.86. The van der Waals surface area contributed by atoms with Crippen molar-refractivity contribution in [3.05, 3.63) is 93.6 Å². The highest BCUT2D eigenvalue weighted by atomic mass is 35.5. The second kappa shape index (κ2) is 11.3. The van der Waals surface area contributed by atoms with Gasteiger partial charge in [0.15, 0.2) is 11.3 Å². The van der Waals surface area contributed by atoms with Crippen molar-refractivity contribution >= 4 is 29.1 Å². The van der Waals surface area contributed by atoms with Crippen molar-refractivity contribution in [2.24, 2.45) is 5.92 Å². The maximum absolute atomic E-state index is 13.2. The lowest BCUT2D eigenvalue weighted by Crippen LogP contribution is -2.51. The summed E-state index contributed by atoms with van der Waals surface area (Å²) in [6.45, 7) is 4.74. The fraction of sp³-hybridized carbons (Fsp3) is 0.308. The van der Waals surface area contributed by atoms with Gasteiger partial charge >= 0.3 is 6.18 Å². The van der Waals surface area contributed by atoms with Crippen LogP contribution >= 0.6 is 23.2 Å². The number of ether oxygens (including phenoxy) is 1. The molecule has 10 heteroatoms. The van der Waals surface area contributed by atoms with Gasteiger partial charge in [-0.05, 0) is 68.7 Å². The van der Waals surface area contributed by atoms with Crippen LogP contribution in [0.25, 0.3) is 0 Å². The summed E-state index contributed by atoms with van der Waals surface area (Å²) in [6, 6.07) is 7.63. The van der Waals surface area contributed by atoms with Crippen molar-refractivity contribution in [3.8, 4) is 5.88 Å². The Morgan fingerprint density at radius 2 is 1.86 bits per heavy atom. The largest absolute Gasteiger partial charge is 0.461 e. The number of allylic oxidation sites excluding steroid dienone is 4. The molecule has 0 fully saturated rings. The van der Waals surface area contributed by atoms with Crippen molar-refractivity contribution in [2.75, 3.05) is 0 Å². The molecule has 2 unspecified atom stereocenters. The predicted octanol–water partition coefficient (Wildman–Crippen LogP) is 6.44. The van der Waals surface area contributed by atoms with Crippen LogP contribution in [0.1, 0.15) is 32.0 Å². The third-order valence-corrected chi connectivity index (χ3v) is 5.97. The molecule has 0 aliphatic heterocycles. The van der Waals surface area contributed by atoms with E-state index in [4.69, 9.17) is 27.9 Å². The molecule has 1 aromatic carbocycles. The molecule has 190 valence electrons. The van der Waals surface area contributed by atoms with Gasteiger partial charge in [0.2, 0.25) is 5.88 Å². The van der Waals surface area contributed by atoms with Crippen LogP contribution in [0.3, 0.4) is 0 Å². The number of benzene rings is 1. The van der Waals surface area contributed by atoms with E-state index in [0.717, 1.165) is 17.5 Å². The van der Waals surface area contributed by atoms with E-state index in [0.29, 0.717) is 22.5 Å². The first-order valence-electron chi connectivity index (χ1n) is 11.0. The third kappa shape index (κ3) is 7.47. The van der Waals surface area contributed by atoms with E-state index in [1.807, 2.05) is 31.2 Å². The third-order valence-electron chi connectivity index (χ3n) is 5.50. The summed E-state index contributed by atoms with van der Waals surface area (Å²) in [4.78, 5) is 20.1. The zero-order chi connectivity index (χ0) is 26.5. The molecule has 0 bridgehead atoms. The fourth-order valence-electron chi connectivity index (χ4n) is 3.55. The Morgan fingerprint density at radius 1 is 1.17 bits per heavy atom. The molecular weight excluding hydrogens is 514 g/mol. The van der Waals surface area contributed by atoms with Crippen LogP contribution in [0.5, 0.6) is 5.88 Å². The van der Waals surface area contributed by atoms with Gasteiger partial charge in [-0.1, -0.05) is 41.4 Å². The van der Waals surface area contributed by atoms with E-state index in [-0.39, 0.29) is 11.8 Å².